The summed E-state index contributed by atoms with van der Waals surface area (Å²) < 4.78 is 34.6. The number of ether oxygens (including phenoxy) is 1. The van der Waals surface area contributed by atoms with Gasteiger partial charge in [-0.1, -0.05) is 11.8 Å². The molecule has 2 N–H and O–H groups in total. The highest BCUT2D eigenvalue weighted by molar-refractivity contribution is 7.99. The highest BCUT2D eigenvalue weighted by Crippen LogP contribution is 2.15. The van der Waals surface area contributed by atoms with Gasteiger partial charge in [-0.2, -0.15) is 0 Å². The standard InChI is InChI=1S/C18H24N4O4S2/c1-22-10-8-20-18(22)27-12-9-19-17(23)14-4-6-16(7-5-14)28(24,25)21-13-15-3-2-11-26-15/h4-8,10,15,21H,2-3,9,11-13H2,1H3,(H,19,23). The van der Waals surface area contributed by atoms with Crippen molar-refractivity contribution in [2.75, 3.05) is 25.4 Å². The third-order valence-electron chi connectivity index (χ3n) is 4.35. The lowest BCUT2D eigenvalue weighted by atomic mass is 10.2. The Bertz CT molecular complexity index is 891. The average Bonchev–Trinajstić information content (AvgIpc) is 3.35. The molecule has 2 aromatic rings. The molecule has 1 atom stereocenters. The van der Waals surface area contributed by atoms with Crippen LogP contribution in [0.4, 0.5) is 0 Å². The lowest BCUT2D eigenvalue weighted by Gasteiger charge is -2.11. The quantitative estimate of drug-likeness (QED) is 0.466. The molecule has 0 aliphatic carbocycles. The number of rotatable bonds is 9. The van der Waals surface area contributed by atoms with Gasteiger partial charge in [0.1, 0.15) is 0 Å². The van der Waals surface area contributed by atoms with E-state index in [1.807, 2.05) is 17.8 Å². The molecular weight excluding hydrogens is 400 g/mol. The summed E-state index contributed by atoms with van der Waals surface area (Å²) in [7, 11) is -1.70. The number of sulfonamides is 1. The van der Waals surface area contributed by atoms with Crippen molar-refractivity contribution < 1.29 is 17.9 Å². The van der Waals surface area contributed by atoms with Crippen LogP contribution in [-0.2, 0) is 21.8 Å². The van der Waals surface area contributed by atoms with Gasteiger partial charge in [-0.3, -0.25) is 4.79 Å². The zero-order valence-corrected chi connectivity index (χ0v) is 17.3. The average molecular weight is 425 g/mol. The fourth-order valence-corrected chi connectivity index (χ4v) is 4.63. The number of imidazole rings is 1. The number of nitrogens with zero attached hydrogens (tertiary/aromatic N) is 2. The van der Waals surface area contributed by atoms with Crippen molar-refractivity contribution in [1.29, 1.82) is 0 Å². The van der Waals surface area contributed by atoms with E-state index in [0.717, 1.165) is 18.0 Å². The number of hydrogen-bond donors (Lipinski definition) is 2. The third-order valence-corrected chi connectivity index (χ3v) is 6.85. The van der Waals surface area contributed by atoms with Crippen LogP contribution < -0.4 is 10.0 Å². The van der Waals surface area contributed by atoms with Crippen LogP contribution in [0.5, 0.6) is 0 Å². The first kappa shape index (κ1) is 20.8. The number of nitrogens with one attached hydrogen (secondary N) is 2. The van der Waals surface area contributed by atoms with Crippen LogP contribution in [-0.4, -0.2) is 55.4 Å². The van der Waals surface area contributed by atoms with Gasteiger partial charge >= 0.3 is 0 Å². The van der Waals surface area contributed by atoms with Crippen LogP contribution in [0, 0.1) is 0 Å². The first-order chi connectivity index (χ1) is 13.5. The highest BCUT2D eigenvalue weighted by Gasteiger charge is 2.20. The predicted molar refractivity (Wildman–Crippen MR) is 107 cm³/mol. The molecule has 1 saturated heterocycles. The van der Waals surface area contributed by atoms with E-state index in [4.69, 9.17) is 4.74 Å². The molecule has 1 fully saturated rings. The van der Waals surface area contributed by atoms with Crippen molar-refractivity contribution in [2.45, 2.75) is 29.0 Å². The Morgan fingerprint density at radius 3 is 2.79 bits per heavy atom. The number of amides is 1. The van der Waals surface area contributed by atoms with Gasteiger partial charge in [0.05, 0.1) is 11.0 Å². The van der Waals surface area contributed by atoms with Crippen molar-refractivity contribution in [3.63, 3.8) is 0 Å². The molecule has 0 saturated carbocycles. The monoisotopic (exact) mass is 424 g/mol. The molecule has 152 valence electrons. The van der Waals surface area contributed by atoms with E-state index < -0.39 is 10.0 Å². The fourth-order valence-electron chi connectivity index (χ4n) is 2.78. The number of carbonyl (C=O) groups is 1. The molecule has 10 heteroatoms. The van der Waals surface area contributed by atoms with E-state index in [2.05, 4.69) is 15.0 Å². The molecule has 1 amide bonds. The Labute approximate surface area is 169 Å². The zero-order chi connectivity index (χ0) is 20.0. The molecule has 0 radical (unpaired) electrons. The molecule has 1 aromatic carbocycles. The summed E-state index contributed by atoms with van der Waals surface area (Å²) in [5.41, 5.74) is 0.417. The van der Waals surface area contributed by atoms with Gasteiger partial charge in [0.2, 0.25) is 10.0 Å². The van der Waals surface area contributed by atoms with E-state index in [0.29, 0.717) is 24.5 Å². The number of hydrogen-bond acceptors (Lipinski definition) is 6. The van der Waals surface area contributed by atoms with Crippen LogP contribution in [0.15, 0.2) is 46.7 Å². The Morgan fingerprint density at radius 1 is 1.36 bits per heavy atom. The number of carbonyl (C=O) groups excluding carboxylic acids is 1. The Hall–Kier alpha value is -1.88. The predicted octanol–water partition coefficient (Wildman–Crippen LogP) is 1.40. The molecule has 1 unspecified atom stereocenters. The maximum absolute atomic E-state index is 12.3. The van der Waals surface area contributed by atoms with Crippen LogP contribution >= 0.6 is 11.8 Å². The van der Waals surface area contributed by atoms with Crippen LogP contribution in [0.2, 0.25) is 0 Å². The molecule has 28 heavy (non-hydrogen) atoms. The maximum atomic E-state index is 12.3. The minimum absolute atomic E-state index is 0.0662. The largest absolute Gasteiger partial charge is 0.377 e. The van der Waals surface area contributed by atoms with Crippen molar-refractivity contribution in [2.24, 2.45) is 7.05 Å². The molecule has 1 aliphatic rings. The summed E-state index contributed by atoms with van der Waals surface area (Å²) in [6.07, 6.45) is 5.35. The Balaban J connectivity index is 1.47. The molecule has 8 nitrogen and oxygen atoms in total. The molecule has 0 bridgehead atoms. The molecule has 2 heterocycles. The van der Waals surface area contributed by atoms with Gasteiger partial charge in [-0.15, -0.1) is 0 Å². The molecule has 1 aromatic heterocycles. The number of thioether (sulfide) groups is 1. The van der Waals surface area contributed by atoms with Gasteiger partial charge in [0, 0.05) is 50.5 Å². The van der Waals surface area contributed by atoms with Crippen molar-refractivity contribution >= 4 is 27.7 Å². The van der Waals surface area contributed by atoms with E-state index in [1.54, 1.807) is 18.0 Å². The van der Waals surface area contributed by atoms with Crippen LogP contribution in [0.1, 0.15) is 23.2 Å². The number of benzene rings is 1. The molecular formula is C18H24N4O4S2. The van der Waals surface area contributed by atoms with E-state index in [9.17, 15) is 13.2 Å². The summed E-state index contributed by atoms with van der Waals surface area (Å²) in [5.74, 6) is 0.452. The minimum atomic E-state index is -3.61. The first-order valence-electron chi connectivity index (χ1n) is 9.05. The van der Waals surface area contributed by atoms with Gasteiger partial charge in [0.25, 0.3) is 5.91 Å². The molecule has 1 aliphatic heterocycles. The molecule has 3 rings (SSSR count). The van der Waals surface area contributed by atoms with Crippen LogP contribution in [0.3, 0.4) is 0 Å². The van der Waals surface area contributed by atoms with Crippen molar-refractivity contribution in [3.8, 4) is 0 Å². The summed E-state index contributed by atoms with van der Waals surface area (Å²) in [6.45, 7) is 1.42. The van der Waals surface area contributed by atoms with E-state index >= 15 is 0 Å². The lowest BCUT2D eigenvalue weighted by molar-refractivity contribution is 0.0956. The second-order valence-corrected chi connectivity index (χ2v) is 9.27. The van der Waals surface area contributed by atoms with Crippen LogP contribution in [0.25, 0.3) is 0 Å². The smallest absolute Gasteiger partial charge is 0.251 e. The SMILES string of the molecule is Cn1ccnc1SCCNC(=O)c1ccc(S(=O)(=O)NCC2CCCO2)cc1. The van der Waals surface area contributed by atoms with Crippen molar-refractivity contribution in [3.05, 3.63) is 42.2 Å². The number of aryl methyl sites for hydroxylation is 1. The van der Waals surface area contributed by atoms with Gasteiger partial charge in [-0.25, -0.2) is 18.1 Å². The van der Waals surface area contributed by atoms with Gasteiger partial charge in [0.15, 0.2) is 5.16 Å². The summed E-state index contributed by atoms with van der Waals surface area (Å²) in [5, 5.41) is 3.71. The summed E-state index contributed by atoms with van der Waals surface area (Å²) >= 11 is 1.55. The van der Waals surface area contributed by atoms with Crippen molar-refractivity contribution in [1.82, 2.24) is 19.6 Å². The maximum Gasteiger partial charge on any atom is 0.251 e. The second-order valence-electron chi connectivity index (χ2n) is 6.44. The fraction of sp³-hybridized carbons (Fsp3) is 0.444. The van der Waals surface area contributed by atoms with E-state index in [-0.39, 0.29) is 23.5 Å². The summed E-state index contributed by atoms with van der Waals surface area (Å²) in [6, 6.07) is 5.91. The zero-order valence-electron chi connectivity index (χ0n) is 15.6. The highest BCUT2D eigenvalue weighted by atomic mass is 32.2. The first-order valence-corrected chi connectivity index (χ1v) is 11.5. The molecule has 0 spiro atoms. The normalized spacial score (nSPS) is 17.0. The third kappa shape index (κ3) is 5.57. The van der Waals surface area contributed by atoms with Gasteiger partial charge in [-0.05, 0) is 37.1 Å². The Kier molecular flexibility index (Phi) is 7.11. The second kappa shape index (κ2) is 9.55. The Morgan fingerprint density at radius 2 is 2.14 bits per heavy atom. The van der Waals surface area contributed by atoms with Gasteiger partial charge < -0.3 is 14.6 Å². The van der Waals surface area contributed by atoms with E-state index in [1.165, 1.54) is 24.3 Å². The lowest BCUT2D eigenvalue weighted by Crippen LogP contribution is -2.32. The summed E-state index contributed by atoms with van der Waals surface area (Å²) in [4.78, 5) is 16.5. The topological polar surface area (TPSA) is 102 Å². The number of aromatic nitrogens is 2. The minimum Gasteiger partial charge on any atom is -0.377 e.